The third kappa shape index (κ3) is 3.78. The molecule has 1 rings (SSSR count). The quantitative estimate of drug-likeness (QED) is 0.795. The molecule has 0 fully saturated rings. The zero-order chi connectivity index (χ0) is 12.8. The van der Waals surface area contributed by atoms with Gasteiger partial charge in [0.05, 0.1) is 10.4 Å². The third-order valence-electron chi connectivity index (χ3n) is 2.56. The van der Waals surface area contributed by atoms with Crippen LogP contribution in [-0.2, 0) is 4.79 Å². The SMILES string of the molecule is O=C(O)C(CCCCO)c1cccc(Br)c1F. The van der Waals surface area contributed by atoms with E-state index in [-0.39, 0.29) is 16.6 Å². The van der Waals surface area contributed by atoms with E-state index < -0.39 is 17.7 Å². The highest BCUT2D eigenvalue weighted by atomic mass is 79.9. The minimum Gasteiger partial charge on any atom is -0.481 e. The number of hydrogen-bond donors (Lipinski definition) is 2. The van der Waals surface area contributed by atoms with E-state index in [1.54, 1.807) is 6.07 Å². The van der Waals surface area contributed by atoms with Gasteiger partial charge in [0.15, 0.2) is 0 Å². The average molecular weight is 305 g/mol. The van der Waals surface area contributed by atoms with Gasteiger partial charge >= 0.3 is 5.97 Å². The molecule has 0 bridgehead atoms. The Labute approximate surface area is 107 Å². The van der Waals surface area contributed by atoms with E-state index in [9.17, 15) is 9.18 Å². The maximum absolute atomic E-state index is 13.8. The van der Waals surface area contributed by atoms with Gasteiger partial charge in [-0.25, -0.2) is 4.39 Å². The van der Waals surface area contributed by atoms with Gasteiger partial charge in [0.1, 0.15) is 5.82 Å². The molecule has 94 valence electrons. The molecule has 2 N–H and O–H groups in total. The summed E-state index contributed by atoms with van der Waals surface area (Å²) in [6.45, 7) is 0.0211. The average Bonchev–Trinajstić information content (AvgIpc) is 2.29. The highest BCUT2D eigenvalue weighted by molar-refractivity contribution is 9.10. The summed E-state index contributed by atoms with van der Waals surface area (Å²) in [7, 11) is 0. The van der Waals surface area contributed by atoms with Crippen molar-refractivity contribution in [2.75, 3.05) is 6.61 Å². The standard InChI is InChI=1S/C12H14BrFO3/c13-10-6-3-5-8(11(10)14)9(12(16)17)4-1-2-7-15/h3,5-6,9,15H,1-2,4,7H2,(H,16,17). The van der Waals surface area contributed by atoms with Crippen molar-refractivity contribution in [2.24, 2.45) is 0 Å². The zero-order valence-corrected chi connectivity index (χ0v) is 10.8. The highest BCUT2D eigenvalue weighted by Crippen LogP contribution is 2.28. The van der Waals surface area contributed by atoms with Crippen molar-refractivity contribution in [1.29, 1.82) is 0 Å². The molecule has 0 saturated heterocycles. The zero-order valence-electron chi connectivity index (χ0n) is 9.20. The molecule has 17 heavy (non-hydrogen) atoms. The van der Waals surface area contributed by atoms with Gasteiger partial charge in [0.25, 0.3) is 0 Å². The van der Waals surface area contributed by atoms with Crippen molar-refractivity contribution >= 4 is 21.9 Å². The molecule has 0 aliphatic heterocycles. The molecule has 0 saturated carbocycles. The van der Waals surface area contributed by atoms with E-state index in [0.29, 0.717) is 19.3 Å². The predicted molar refractivity (Wildman–Crippen MR) is 65.4 cm³/mol. The topological polar surface area (TPSA) is 57.5 Å². The van der Waals surface area contributed by atoms with E-state index in [4.69, 9.17) is 10.2 Å². The normalized spacial score (nSPS) is 12.4. The first-order valence-electron chi connectivity index (χ1n) is 5.35. The van der Waals surface area contributed by atoms with Crippen LogP contribution in [0.1, 0.15) is 30.7 Å². The number of carboxylic acids is 1. The second kappa shape index (κ2) is 6.71. The number of carbonyl (C=O) groups is 1. The number of aliphatic hydroxyl groups excluding tert-OH is 1. The summed E-state index contributed by atoms with van der Waals surface area (Å²) in [5.41, 5.74) is 0.185. The Hall–Kier alpha value is -0.940. The smallest absolute Gasteiger partial charge is 0.311 e. The lowest BCUT2D eigenvalue weighted by Gasteiger charge is -2.13. The van der Waals surface area contributed by atoms with Gasteiger partial charge in [-0.2, -0.15) is 0 Å². The van der Waals surface area contributed by atoms with Crippen molar-refractivity contribution in [3.05, 3.63) is 34.1 Å². The summed E-state index contributed by atoms with van der Waals surface area (Å²) in [6.07, 6.45) is 1.40. The lowest BCUT2D eigenvalue weighted by Crippen LogP contribution is -2.13. The van der Waals surface area contributed by atoms with Crippen LogP contribution in [-0.4, -0.2) is 22.8 Å². The molecule has 1 aromatic rings. The molecule has 1 unspecified atom stereocenters. The fraction of sp³-hybridized carbons (Fsp3) is 0.417. The fourth-order valence-corrected chi connectivity index (χ4v) is 2.04. The molecule has 0 aliphatic rings. The van der Waals surface area contributed by atoms with Crippen LogP contribution in [0, 0.1) is 5.82 Å². The van der Waals surface area contributed by atoms with Gasteiger partial charge in [-0.1, -0.05) is 12.1 Å². The first-order chi connectivity index (χ1) is 8.07. The lowest BCUT2D eigenvalue weighted by molar-refractivity contribution is -0.139. The summed E-state index contributed by atoms with van der Waals surface area (Å²) in [5.74, 6) is -2.43. The molecule has 3 nitrogen and oxygen atoms in total. The van der Waals surface area contributed by atoms with Crippen LogP contribution in [0.4, 0.5) is 4.39 Å². The van der Waals surface area contributed by atoms with Crippen LogP contribution in [0.3, 0.4) is 0 Å². The number of aliphatic carboxylic acids is 1. The predicted octanol–water partition coefficient (Wildman–Crippen LogP) is 2.92. The van der Waals surface area contributed by atoms with Crippen LogP contribution >= 0.6 is 15.9 Å². The number of halogens is 2. The highest BCUT2D eigenvalue weighted by Gasteiger charge is 2.23. The van der Waals surface area contributed by atoms with Crippen molar-refractivity contribution in [2.45, 2.75) is 25.2 Å². The molecule has 0 radical (unpaired) electrons. The number of hydrogen-bond acceptors (Lipinski definition) is 2. The van der Waals surface area contributed by atoms with Gasteiger partial charge in [-0.3, -0.25) is 4.79 Å². The maximum Gasteiger partial charge on any atom is 0.311 e. The second-order valence-corrected chi connectivity index (χ2v) is 4.61. The summed E-state index contributed by atoms with van der Waals surface area (Å²) in [5, 5.41) is 17.8. The Bertz CT molecular complexity index is 395. The number of rotatable bonds is 6. The van der Waals surface area contributed by atoms with E-state index in [1.165, 1.54) is 12.1 Å². The molecule has 0 aromatic heterocycles. The van der Waals surface area contributed by atoms with Crippen LogP contribution in [0.15, 0.2) is 22.7 Å². The van der Waals surface area contributed by atoms with Crippen LogP contribution in [0.2, 0.25) is 0 Å². The molecule has 0 spiro atoms. The molecule has 0 aliphatic carbocycles. The van der Waals surface area contributed by atoms with Gasteiger partial charge < -0.3 is 10.2 Å². The Balaban J connectivity index is 2.90. The molecular weight excluding hydrogens is 291 g/mol. The van der Waals surface area contributed by atoms with Crippen molar-refractivity contribution < 1.29 is 19.4 Å². The Morgan fingerprint density at radius 2 is 2.12 bits per heavy atom. The minimum atomic E-state index is -1.04. The summed E-state index contributed by atoms with van der Waals surface area (Å²) >= 11 is 3.04. The van der Waals surface area contributed by atoms with E-state index >= 15 is 0 Å². The monoisotopic (exact) mass is 304 g/mol. The van der Waals surface area contributed by atoms with Crippen molar-refractivity contribution in [1.82, 2.24) is 0 Å². The van der Waals surface area contributed by atoms with E-state index in [0.717, 1.165) is 0 Å². The lowest BCUT2D eigenvalue weighted by atomic mass is 9.93. The molecule has 0 heterocycles. The Morgan fingerprint density at radius 3 is 2.71 bits per heavy atom. The molecule has 5 heteroatoms. The molecule has 1 aromatic carbocycles. The van der Waals surface area contributed by atoms with Crippen LogP contribution in [0.5, 0.6) is 0 Å². The Morgan fingerprint density at radius 1 is 1.41 bits per heavy atom. The number of carboxylic acid groups (broad SMARTS) is 1. The first kappa shape index (κ1) is 14.1. The Kier molecular flexibility index (Phi) is 5.58. The molecule has 0 amide bonds. The third-order valence-corrected chi connectivity index (χ3v) is 3.17. The summed E-state index contributed by atoms with van der Waals surface area (Å²) < 4.78 is 14.0. The fourth-order valence-electron chi connectivity index (χ4n) is 1.66. The summed E-state index contributed by atoms with van der Waals surface area (Å²) in [4.78, 5) is 11.1. The molecular formula is C12H14BrFO3. The largest absolute Gasteiger partial charge is 0.481 e. The number of aliphatic hydroxyl groups is 1. The number of unbranched alkanes of at least 4 members (excludes halogenated alkanes) is 1. The van der Waals surface area contributed by atoms with Gasteiger partial charge in [0, 0.05) is 12.2 Å². The van der Waals surface area contributed by atoms with Gasteiger partial charge in [-0.15, -0.1) is 0 Å². The van der Waals surface area contributed by atoms with Gasteiger partial charge in [0.2, 0.25) is 0 Å². The van der Waals surface area contributed by atoms with E-state index in [1.807, 2.05) is 0 Å². The van der Waals surface area contributed by atoms with Crippen LogP contribution in [0.25, 0.3) is 0 Å². The van der Waals surface area contributed by atoms with Crippen molar-refractivity contribution in [3.63, 3.8) is 0 Å². The maximum atomic E-state index is 13.8. The first-order valence-corrected chi connectivity index (χ1v) is 6.14. The van der Waals surface area contributed by atoms with Gasteiger partial charge in [-0.05, 0) is 41.3 Å². The minimum absolute atomic E-state index is 0.0211. The molecule has 1 atom stereocenters. The number of benzene rings is 1. The second-order valence-electron chi connectivity index (χ2n) is 3.75. The van der Waals surface area contributed by atoms with Crippen molar-refractivity contribution in [3.8, 4) is 0 Å². The summed E-state index contributed by atoms with van der Waals surface area (Å²) in [6, 6.07) is 4.63. The van der Waals surface area contributed by atoms with E-state index in [2.05, 4.69) is 15.9 Å². The van der Waals surface area contributed by atoms with Crippen LogP contribution < -0.4 is 0 Å².